The van der Waals surface area contributed by atoms with Gasteiger partial charge in [0.15, 0.2) is 0 Å². The second-order valence-corrected chi connectivity index (χ2v) is 6.78. The van der Waals surface area contributed by atoms with Crippen molar-refractivity contribution < 1.29 is 9.53 Å². The van der Waals surface area contributed by atoms with Crippen molar-refractivity contribution >= 4 is 5.91 Å². The Morgan fingerprint density at radius 2 is 1.87 bits per heavy atom. The maximum atomic E-state index is 12.5. The van der Waals surface area contributed by atoms with Crippen LogP contribution in [0, 0.1) is 5.92 Å². The summed E-state index contributed by atoms with van der Waals surface area (Å²) in [6, 6.07) is 7.99. The Morgan fingerprint density at radius 1 is 1.13 bits per heavy atom. The standard InChI is InChI=1S/C19H30N2O2/c1-16(2)15-20-11-4-12-21(14-13-20)19(22)10-7-17-5-8-18(23-3)9-6-17/h5-6,8-9,16H,4,7,10-15H2,1-3H3. The van der Waals surface area contributed by atoms with Crippen molar-refractivity contribution in [2.45, 2.75) is 33.1 Å². The van der Waals surface area contributed by atoms with E-state index >= 15 is 0 Å². The molecule has 0 spiro atoms. The molecule has 0 unspecified atom stereocenters. The highest BCUT2D eigenvalue weighted by atomic mass is 16.5. The molecular formula is C19H30N2O2. The molecule has 1 aliphatic heterocycles. The van der Waals surface area contributed by atoms with Gasteiger partial charge in [0, 0.05) is 32.6 Å². The summed E-state index contributed by atoms with van der Waals surface area (Å²) in [7, 11) is 1.67. The Bertz CT molecular complexity index is 485. The molecule has 1 aromatic rings. The van der Waals surface area contributed by atoms with E-state index in [0.717, 1.165) is 51.3 Å². The van der Waals surface area contributed by atoms with E-state index in [2.05, 4.69) is 18.7 Å². The first-order valence-electron chi connectivity index (χ1n) is 8.71. The lowest BCUT2D eigenvalue weighted by Gasteiger charge is -2.23. The molecule has 0 aliphatic carbocycles. The topological polar surface area (TPSA) is 32.8 Å². The van der Waals surface area contributed by atoms with Gasteiger partial charge in [-0.3, -0.25) is 4.79 Å². The van der Waals surface area contributed by atoms with E-state index in [4.69, 9.17) is 4.74 Å². The van der Waals surface area contributed by atoms with Crippen molar-refractivity contribution in [3.8, 4) is 5.75 Å². The van der Waals surface area contributed by atoms with Crippen molar-refractivity contribution in [2.75, 3.05) is 39.8 Å². The summed E-state index contributed by atoms with van der Waals surface area (Å²) in [6.07, 6.45) is 2.48. The maximum Gasteiger partial charge on any atom is 0.222 e. The van der Waals surface area contributed by atoms with E-state index in [1.807, 2.05) is 29.2 Å². The van der Waals surface area contributed by atoms with Crippen LogP contribution < -0.4 is 4.74 Å². The van der Waals surface area contributed by atoms with Gasteiger partial charge in [-0.2, -0.15) is 0 Å². The molecule has 4 heteroatoms. The van der Waals surface area contributed by atoms with Crippen LogP contribution in [0.5, 0.6) is 5.75 Å². The number of rotatable bonds is 6. The van der Waals surface area contributed by atoms with Gasteiger partial charge in [-0.05, 0) is 43.0 Å². The smallest absolute Gasteiger partial charge is 0.222 e. The highest BCUT2D eigenvalue weighted by Crippen LogP contribution is 2.14. The van der Waals surface area contributed by atoms with Crippen LogP contribution in [0.2, 0.25) is 0 Å². The lowest BCUT2D eigenvalue weighted by molar-refractivity contribution is -0.131. The maximum absolute atomic E-state index is 12.5. The van der Waals surface area contributed by atoms with E-state index in [-0.39, 0.29) is 5.91 Å². The van der Waals surface area contributed by atoms with Gasteiger partial charge in [-0.25, -0.2) is 0 Å². The van der Waals surface area contributed by atoms with Crippen molar-refractivity contribution in [3.05, 3.63) is 29.8 Å². The Kier molecular flexibility index (Phi) is 6.90. The monoisotopic (exact) mass is 318 g/mol. The summed E-state index contributed by atoms with van der Waals surface area (Å²) < 4.78 is 5.16. The van der Waals surface area contributed by atoms with E-state index in [9.17, 15) is 4.79 Å². The summed E-state index contributed by atoms with van der Waals surface area (Å²) in [5, 5.41) is 0. The number of hydrogen-bond donors (Lipinski definition) is 0. The number of benzene rings is 1. The van der Waals surface area contributed by atoms with Crippen molar-refractivity contribution in [2.24, 2.45) is 5.92 Å². The number of hydrogen-bond acceptors (Lipinski definition) is 3. The number of carbonyl (C=O) groups excluding carboxylic acids is 1. The van der Waals surface area contributed by atoms with Crippen LogP contribution in [0.15, 0.2) is 24.3 Å². The molecule has 1 saturated heterocycles. The van der Waals surface area contributed by atoms with E-state index < -0.39 is 0 Å². The van der Waals surface area contributed by atoms with Gasteiger partial charge < -0.3 is 14.5 Å². The predicted octanol–water partition coefficient (Wildman–Crippen LogP) is 2.82. The number of amides is 1. The van der Waals surface area contributed by atoms with Gasteiger partial charge >= 0.3 is 0 Å². The molecule has 4 nitrogen and oxygen atoms in total. The predicted molar refractivity (Wildman–Crippen MR) is 93.8 cm³/mol. The molecule has 0 atom stereocenters. The third-order valence-corrected chi connectivity index (χ3v) is 4.35. The van der Waals surface area contributed by atoms with E-state index in [1.54, 1.807) is 7.11 Å². The van der Waals surface area contributed by atoms with E-state index in [0.29, 0.717) is 12.3 Å². The fourth-order valence-corrected chi connectivity index (χ4v) is 3.12. The van der Waals surface area contributed by atoms with Gasteiger partial charge in [-0.15, -0.1) is 0 Å². The fourth-order valence-electron chi connectivity index (χ4n) is 3.12. The number of aryl methyl sites for hydroxylation is 1. The summed E-state index contributed by atoms with van der Waals surface area (Å²) in [4.78, 5) is 17.0. The van der Waals surface area contributed by atoms with Crippen LogP contribution in [0.3, 0.4) is 0 Å². The third kappa shape index (κ3) is 5.87. The Hall–Kier alpha value is -1.55. The van der Waals surface area contributed by atoms with Crippen LogP contribution in [-0.4, -0.2) is 55.5 Å². The quantitative estimate of drug-likeness (QED) is 0.808. The second-order valence-electron chi connectivity index (χ2n) is 6.78. The number of ether oxygens (including phenoxy) is 1. The van der Waals surface area contributed by atoms with Crippen molar-refractivity contribution in [3.63, 3.8) is 0 Å². The van der Waals surface area contributed by atoms with Crippen LogP contribution in [0.4, 0.5) is 0 Å². The van der Waals surface area contributed by atoms with Crippen molar-refractivity contribution in [1.82, 2.24) is 9.80 Å². The minimum absolute atomic E-state index is 0.284. The van der Waals surface area contributed by atoms with E-state index in [1.165, 1.54) is 5.56 Å². The molecular weight excluding hydrogens is 288 g/mol. The minimum Gasteiger partial charge on any atom is -0.497 e. The van der Waals surface area contributed by atoms with Gasteiger partial charge in [-0.1, -0.05) is 26.0 Å². The van der Waals surface area contributed by atoms with Crippen LogP contribution in [-0.2, 0) is 11.2 Å². The van der Waals surface area contributed by atoms with Gasteiger partial charge in [0.1, 0.15) is 5.75 Å². The molecule has 2 rings (SSSR count). The first-order valence-corrected chi connectivity index (χ1v) is 8.71. The highest BCUT2D eigenvalue weighted by Gasteiger charge is 2.19. The summed E-state index contributed by atoms with van der Waals surface area (Å²) in [6.45, 7) is 9.52. The van der Waals surface area contributed by atoms with Gasteiger partial charge in [0.05, 0.1) is 7.11 Å². The third-order valence-electron chi connectivity index (χ3n) is 4.35. The van der Waals surface area contributed by atoms with Crippen LogP contribution >= 0.6 is 0 Å². The zero-order chi connectivity index (χ0) is 16.7. The average molecular weight is 318 g/mol. The first-order chi connectivity index (χ1) is 11.1. The molecule has 1 fully saturated rings. The molecule has 1 aromatic carbocycles. The molecule has 0 aromatic heterocycles. The van der Waals surface area contributed by atoms with Gasteiger partial charge in [0.2, 0.25) is 5.91 Å². The van der Waals surface area contributed by atoms with Crippen LogP contribution in [0.1, 0.15) is 32.3 Å². The highest BCUT2D eigenvalue weighted by molar-refractivity contribution is 5.76. The van der Waals surface area contributed by atoms with Gasteiger partial charge in [0.25, 0.3) is 0 Å². The molecule has 0 N–H and O–H groups in total. The Labute approximate surface area is 140 Å². The Morgan fingerprint density at radius 3 is 2.52 bits per heavy atom. The van der Waals surface area contributed by atoms with Crippen molar-refractivity contribution in [1.29, 1.82) is 0 Å². The normalized spacial score (nSPS) is 16.4. The lowest BCUT2D eigenvalue weighted by Crippen LogP contribution is -2.36. The molecule has 0 radical (unpaired) electrons. The van der Waals surface area contributed by atoms with Crippen LogP contribution in [0.25, 0.3) is 0 Å². The number of nitrogens with zero attached hydrogens (tertiary/aromatic N) is 2. The minimum atomic E-state index is 0.284. The second kappa shape index (κ2) is 8.92. The molecule has 0 bridgehead atoms. The SMILES string of the molecule is COc1ccc(CCC(=O)N2CCCN(CC(C)C)CC2)cc1. The number of carbonyl (C=O) groups is 1. The summed E-state index contributed by atoms with van der Waals surface area (Å²) in [5.41, 5.74) is 1.19. The molecule has 128 valence electrons. The number of methoxy groups -OCH3 is 1. The zero-order valence-corrected chi connectivity index (χ0v) is 14.8. The average Bonchev–Trinajstić information content (AvgIpc) is 2.78. The zero-order valence-electron chi connectivity index (χ0n) is 14.8. The molecule has 23 heavy (non-hydrogen) atoms. The molecule has 1 amide bonds. The Balaban J connectivity index is 1.78. The molecule has 1 aliphatic rings. The lowest BCUT2D eigenvalue weighted by atomic mass is 10.1. The fraction of sp³-hybridized carbons (Fsp3) is 0.632. The largest absolute Gasteiger partial charge is 0.497 e. The molecule has 1 heterocycles. The summed E-state index contributed by atoms with van der Waals surface area (Å²) in [5.74, 6) is 1.83. The molecule has 0 saturated carbocycles. The summed E-state index contributed by atoms with van der Waals surface area (Å²) >= 11 is 0. The first kappa shape index (κ1) is 17.8.